The molecule has 1 heterocycles. The number of fused-ring (bicyclic) bond motifs is 1. The number of carbonyl (C=O) groups excluding carboxylic acids is 1. The molecule has 1 aliphatic carbocycles. The van der Waals surface area contributed by atoms with Crippen molar-refractivity contribution in [3.8, 4) is 0 Å². The summed E-state index contributed by atoms with van der Waals surface area (Å²) in [6.07, 6.45) is 4.09. The van der Waals surface area contributed by atoms with Gasteiger partial charge in [-0.25, -0.2) is 0 Å². The predicted octanol–water partition coefficient (Wildman–Crippen LogP) is 2.78. The van der Waals surface area contributed by atoms with Crippen LogP contribution in [0.5, 0.6) is 0 Å². The van der Waals surface area contributed by atoms with E-state index in [1.807, 2.05) is 31.2 Å². The van der Waals surface area contributed by atoms with Crippen LogP contribution in [0.15, 0.2) is 24.3 Å². The number of likely N-dealkylation sites (N-methyl/N-ethyl adjacent to an activating group) is 1. The van der Waals surface area contributed by atoms with E-state index in [1.54, 1.807) is 11.9 Å². The highest BCUT2D eigenvalue weighted by Crippen LogP contribution is 2.30. The van der Waals surface area contributed by atoms with Crippen LogP contribution in [0.3, 0.4) is 0 Å². The first-order valence-electron chi connectivity index (χ1n) is 8.01. The molecule has 0 radical (unpaired) electrons. The summed E-state index contributed by atoms with van der Waals surface area (Å²) in [4.78, 5) is 17.6. The van der Waals surface area contributed by atoms with E-state index in [4.69, 9.17) is 0 Å². The van der Waals surface area contributed by atoms with Gasteiger partial charge in [-0.1, -0.05) is 31.0 Å². The van der Waals surface area contributed by atoms with Crippen molar-refractivity contribution in [2.75, 3.05) is 13.6 Å². The molecule has 4 nitrogen and oxygen atoms in total. The highest BCUT2D eigenvalue weighted by Gasteiger charge is 2.33. The third kappa shape index (κ3) is 2.88. The minimum atomic E-state index is -0.681. The molecule has 0 spiro atoms. The first-order valence-corrected chi connectivity index (χ1v) is 8.01. The molecular weight excluding hydrogens is 276 g/mol. The number of para-hydroxylation sites is 1. The summed E-state index contributed by atoms with van der Waals surface area (Å²) in [6, 6.07) is 8.06. The number of aliphatic hydroxyl groups is 1. The highest BCUT2D eigenvalue weighted by molar-refractivity contribution is 5.90. The number of benzene rings is 1. The van der Waals surface area contributed by atoms with Crippen molar-refractivity contribution in [1.29, 1.82) is 0 Å². The number of nitrogens with one attached hydrogen (secondary N) is 1. The lowest BCUT2D eigenvalue weighted by atomic mass is 10.0. The van der Waals surface area contributed by atoms with Crippen molar-refractivity contribution in [2.45, 2.75) is 44.6 Å². The predicted molar refractivity (Wildman–Crippen MR) is 87.8 cm³/mol. The fraction of sp³-hybridized carbons (Fsp3) is 0.500. The standard InChI is InChI=1S/C18H24N2O2/c1-13-15(14-7-3-4-8-16(14)19-13)11-17(21)20(2)12-18(22)9-5-6-10-18/h3-4,7-8,19,22H,5-6,9-12H2,1-2H3. The molecule has 0 atom stereocenters. The van der Waals surface area contributed by atoms with Gasteiger partial charge in [-0.3, -0.25) is 4.79 Å². The largest absolute Gasteiger partial charge is 0.388 e. The fourth-order valence-electron chi connectivity index (χ4n) is 3.57. The van der Waals surface area contributed by atoms with E-state index in [9.17, 15) is 9.90 Å². The smallest absolute Gasteiger partial charge is 0.226 e. The Morgan fingerprint density at radius 2 is 2.00 bits per heavy atom. The van der Waals surface area contributed by atoms with Crippen LogP contribution in [-0.2, 0) is 11.2 Å². The second-order valence-corrected chi connectivity index (χ2v) is 6.63. The maximum atomic E-state index is 12.5. The molecule has 0 unspecified atom stereocenters. The van der Waals surface area contributed by atoms with Crippen molar-refractivity contribution in [2.24, 2.45) is 0 Å². The topological polar surface area (TPSA) is 56.3 Å². The second kappa shape index (κ2) is 5.76. The van der Waals surface area contributed by atoms with Crippen molar-refractivity contribution in [3.05, 3.63) is 35.5 Å². The van der Waals surface area contributed by atoms with Crippen LogP contribution in [0.1, 0.15) is 36.9 Å². The zero-order valence-corrected chi connectivity index (χ0v) is 13.4. The summed E-state index contributed by atoms with van der Waals surface area (Å²) in [5.41, 5.74) is 2.49. The molecule has 4 heteroatoms. The summed E-state index contributed by atoms with van der Waals surface area (Å²) >= 11 is 0. The van der Waals surface area contributed by atoms with Gasteiger partial charge in [0.15, 0.2) is 0 Å². The van der Waals surface area contributed by atoms with E-state index in [0.29, 0.717) is 13.0 Å². The number of hydrogen-bond acceptors (Lipinski definition) is 2. The van der Waals surface area contributed by atoms with Crippen LogP contribution in [0, 0.1) is 6.92 Å². The summed E-state index contributed by atoms with van der Waals surface area (Å²) < 4.78 is 0. The van der Waals surface area contributed by atoms with Gasteiger partial charge in [0.25, 0.3) is 0 Å². The Morgan fingerprint density at radius 1 is 1.32 bits per heavy atom. The summed E-state index contributed by atoms with van der Waals surface area (Å²) in [6.45, 7) is 2.44. The van der Waals surface area contributed by atoms with Crippen molar-refractivity contribution in [3.63, 3.8) is 0 Å². The molecule has 3 rings (SSSR count). The van der Waals surface area contributed by atoms with Crippen LogP contribution in [0.4, 0.5) is 0 Å². The number of amides is 1. The van der Waals surface area contributed by atoms with Gasteiger partial charge in [0.05, 0.1) is 12.0 Å². The Hall–Kier alpha value is -1.81. The number of nitrogens with zero attached hydrogens (tertiary/aromatic N) is 1. The van der Waals surface area contributed by atoms with Gasteiger partial charge in [0.2, 0.25) is 5.91 Å². The molecule has 0 aliphatic heterocycles. The number of aromatic amines is 1. The van der Waals surface area contributed by atoms with Gasteiger partial charge in [-0.2, -0.15) is 0 Å². The average Bonchev–Trinajstić information content (AvgIpc) is 3.03. The van der Waals surface area contributed by atoms with Crippen LogP contribution >= 0.6 is 0 Å². The number of aromatic nitrogens is 1. The normalized spacial score (nSPS) is 17.0. The molecule has 1 aromatic carbocycles. The summed E-state index contributed by atoms with van der Waals surface area (Å²) in [7, 11) is 1.79. The maximum Gasteiger partial charge on any atom is 0.226 e. The molecule has 2 N–H and O–H groups in total. The average molecular weight is 300 g/mol. The minimum Gasteiger partial charge on any atom is -0.388 e. The number of carbonyl (C=O) groups is 1. The number of aryl methyl sites for hydroxylation is 1. The number of rotatable bonds is 4. The Balaban J connectivity index is 1.74. The lowest BCUT2D eigenvalue weighted by molar-refractivity contribution is -0.132. The number of hydrogen-bond donors (Lipinski definition) is 2. The quantitative estimate of drug-likeness (QED) is 0.912. The molecule has 0 bridgehead atoms. The van der Waals surface area contributed by atoms with Gasteiger partial charge in [0, 0.05) is 30.2 Å². The Bertz CT molecular complexity index is 683. The highest BCUT2D eigenvalue weighted by atomic mass is 16.3. The molecule has 2 aromatic rings. The minimum absolute atomic E-state index is 0.0631. The molecule has 1 aromatic heterocycles. The third-order valence-corrected chi connectivity index (χ3v) is 4.85. The van der Waals surface area contributed by atoms with Gasteiger partial charge < -0.3 is 15.0 Å². The van der Waals surface area contributed by atoms with E-state index >= 15 is 0 Å². The monoisotopic (exact) mass is 300 g/mol. The Kier molecular flexibility index (Phi) is 3.96. The molecule has 1 amide bonds. The Morgan fingerprint density at radius 3 is 2.73 bits per heavy atom. The summed E-state index contributed by atoms with van der Waals surface area (Å²) in [5.74, 6) is 0.0631. The van der Waals surface area contributed by atoms with E-state index in [2.05, 4.69) is 4.98 Å². The van der Waals surface area contributed by atoms with Crippen LogP contribution in [0.2, 0.25) is 0 Å². The lowest BCUT2D eigenvalue weighted by Crippen LogP contribution is -2.42. The van der Waals surface area contributed by atoms with Gasteiger partial charge in [0.1, 0.15) is 0 Å². The molecule has 1 aliphatic rings. The third-order valence-electron chi connectivity index (χ3n) is 4.85. The zero-order valence-electron chi connectivity index (χ0n) is 13.4. The SMILES string of the molecule is Cc1[nH]c2ccccc2c1CC(=O)N(C)CC1(O)CCCC1. The van der Waals surface area contributed by atoms with E-state index < -0.39 is 5.60 Å². The van der Waals surface area contributed by atoms with Gasteiger partial charge in [-0.15, -0.1) is 0 Å². The first-order chi connectivity index (χ1) is 10.5. The molecule has 0 saturated heterocycles. The lowest BCUT2D eigenvalue weighted by Gasteiger charge is -2.28. The molecule has 22 heavy (non-hydrogen) atoms. The number of H-pyrrole nitrogens is 1. The fourth-order valence-corrected chi connectivity index (χ4v) is 3.57. The van der Waals surface area contributed by atoms with Crippen LogP contribution < -0.4 is 0 Å². The molecular formula is C18H24N2O2. The van der Waals surface area contributed by atoms with E-state index in [1.165, 1.54) is 0 Å². The van der Waals surface area contributed by atoms with Crippen LogP contribution in [0.25, 0.3) is 10.9 Å². The Labute approximate surface area is 131 Å². The van der Waals surface area contributed by atoms with E-state index in [-0.39, 0.29) is 5.91 Å². The van der Waals surface area contributed by atoms with Crippen LogP contribution in [-0.4, -0.2) is 40.1 Å². The molecule has 118 valence electrons. The van der Waals surface area contributed by atoms with E-state index in [0.717, 1.165) is 47.8 Å². The van der Waals surface area contributed by atoms with Gasteiger partial charge in [-0.05, 0) is 31.4 Å². The second-order valence-electron chi connectivity index (χ2n) is 6.63. The molecule has 1 fully saturated rings. The summed E-state index contributed by atoms with van der Waals surface area (Å²) in [5, 5.41) is 11.6. The van der Waals surface area contributed by atoms with Gasteiger partial charge >= 0.3 is 0 Å². The first kappa shape index (κ1) is 15.1. The van der Waals surface area contributed by atoms with Crippen molar-refractivity contribution in [1.82, 2.24) is 9.88 Å². The van der Waals surface area contributed by atoms with Crippen molar-refractivity contribution < 1.29 is 9.90 Å². The van der Waals surface area contributed by atoms with Crippen molar-refractivity contribution >= 4 is 16.8 Å². The molecule has 1 saturated carbocycles. The maximum absolute atomic E-state index is 12.5. The zero-order chi connectivity index (χ0) is 15.7.